The number of halogens is 1. The summed E-state index contributed by atoms with van der Waals surface area (Å²) in [6.45, 7) is 3.83. The third-order valence-corrected chi connectivity index (χ3v) is 5.58. The molecule has 0 spiro atoms. The topological polar surface area (TPSA) is 67.2 Å². The van der Waals surface area contributed by atoms with Gasteiger partial charge in [-0.05, 0) is 37.0 Å². The molecule has 2 heterocycles. The highest BCUT2D eigenvalue weighted by Gasteiger charge is 2.22. The van der Waals surface area contributed by atoms with Gasteiger partial charge in [0.15, 0.2) is 5.82 Å². The molecule has 29 heavy (non-hydrogen) atoms. The SMILES string of the molecule is C[C@H]1CCCN(c2nn(CC(=O)Nc3ccccc3Cl)c(=O)c3ccccc23)C1. The van der Waals surface area contributed by atoms with Crippen LogP contribution in [0.5, 0.6) is 0 Å². The van der Waals surface area contributed by atoms with Crippen LogP contribution in [0.2, 0.25) is 5.02 Å². The molecule has 1 amide bonds. The van der Waals surface area contributed by atoms with Gasteiger partial charge >= 0.3 is 0 Å². The fraction of sp³-hybridized carbons (Fsp3) is 0.318. The normalized spacial score (nSPS) is 16.8. The highest BCUT2D eigenvalue weighted by atomic mass is 35.5. The highest BCUT2D eigenvalue weighted by Crippen LogP contribution is 2.27. The van der Waals surface area contributed by atoms with E-state index in [2.05, 4.69) is 22.2 Å². The van der Waals surface area contributed by atoms with Crippen LogP contribution in [-0.2, 0) is 11.3 Å². The van der Waals surface area contributed by atoms with Gasteiger partial charge in [0.05, 0.1) is 16.1 Å². The van der Waals surface area contributed by atoms with E-state index in [4.69, 9.17) is 11.6 Å². The maximum absolute atomic E-state index is 13.0. The first-order valence-electron chi connectivity index (χ1n) is 9.82. The van der Waals surface area contributed by atoms with Gasteiger partial charge in [0.1, 0.15) is 6.54 Å². The van der Waals surface area contributed by atoms with Crippen LogP contribution in [0.3, 0.4) is 0 Å². The van der Waals surface area contributed by atoms with Gasteiger partial charge in [-0.2, -0.15) is 5.10 Å². The lowest BCUT2D eigenvalue weighted by Gasteiger charge is -2.32. The zero-order chi connectivity index (χ0) is 20.4. The fourth-order valence-corrected chi connectivity index (χ4v) is 4.01. The first-order valence-corrected chi connectivity index (χ1v) is 10.2. The smallest absolute Gasteiger partial charge is 0.275 e. The zero-order valence-electron chi connectivity index (χ0n) is 16.3. The van der Waals surface area contributed by atoms with Gasteiger partial charge in [0.2, 0.25) is 5.91 Å². The lowest BCUT2D eigenvalue weighted by Crippen LogP contribution is -2.38. The molecule has 2 aromatic carbocycles. The third kappa shape index (κ3) is 4.12. The van der Waals surface area contributed by atoms with Gasteiger partial charge in [-0.25, -0.2) is 4.68 Å². The zero-order valence-corrected chi connectivity index (χ0v) is 17.0. The molecule has 0 radical (unpaired) electrons. The second-order valence-electron chi connectivity index (χ2n) is 7.55. The number of para-hydroxylation sites is 1. The number of rotatable bonds is 4. The number of fused-ring (bicyclic) bond motifs is 1. The highest BCUT2D eigenvalue weighted by molar-refractivity contribution is 6.33. The summed E-state index contributed by atoms with van der Waals surface area (Å²) in [6.07, 6.45) is 2.28. The summed E-state index contributed by atoms with van der Waals surface area (Å²) in [5.74, 6) is 0.978. The molecule has 7 heteroatoms. The van der Waals surface area contributed by atoms with E-state index in [9.17, 15) is 9.59 Å². The number of hydrogen-bond donors (Lipinski definition) is 1. The maximum atomic E-state index is 13.0. The molecular formula is C22H23ClN4O2. The minimum absolute atomic E-state index is 0.175. The van der Waals surface area contributed by atoms with Gasteiger partial charge in [0.25, 0.3) is 5.56 Å². The van der Waals surface area contributed by atoms with Crippen LogP contribution in [0.25, 0.3) is 10.8 Å². The molecule has 1 atom stereocenters. The summed E-state index contributed by atoms with van der Waals surface area (Å²) in [5.41, 5.74) is 0.238. The number of carbonyl (C=O) groups is 1. The van der Waals surface area contributed by atoms with Crippen molar-refractivity contribution in [1.82, 2.24) is 9.78 Å². The molecule has 1 fully saturated rings. The van der Waals surface area contributed by atoms with Gasteiger partial charge in [-0.15, -0.1) is 0 Å². The van der Waals surface area contributed by atoms with Crippen molar-refractivity contribution in [3.05, 3.63) is 63.9 Å². The number of amides is 1. The van der Waals surface area contributed by atoms with Gasteiger partial charge in [-0.3, -0.25) is 9.59 Å². The standard InChI is InChI=1S/C22H23ClN4O2/c1-15-7-6-12-26(13-15)21-16-8-2-3-9-17(16)22(29)27(25-21)14-20(28)24-19-11-5-4-10-18(19)23/h2-5,8-11,15H,6-7,12-14H2,1H3,(H,24,28)/t15-/m0/s1. The van der Waals surface area contributed by atoms with E-state index in [0.717, 1.165) is 30.7 Å². The van der Waals surface area contributed by atoms with Crippen molar-refractivity contribution in [1.29, 1.82) is 0 Å². The summed E-state index contributed by atoms with van der Waals surface area (Å²) in [5, 5.41) is 9.20. The molecule has 0 aliphatic carbocycles. The van der Waals surface area contributed by atoms with Gasteiger partial charge in [0, 0.05) is 18.5 Å². The minimum atomic E-state index is -0.346. The molecular weight excluding hydrogens is 388 g/mol. The van der Waals surface area contributed by atoms with Crippen molar-refractivity contribution >= 4 is 39.8 Å². The maximum Gasteiger partial charge on any atom is 0.275 e. The van der Waals surface area contributed by atoms with Crippen LogP contribution in [-0.4, -0.2) is 28.8 Å². The molecule has 1 aliphatic rings. The van der Waals surface area contributed by atoms with Crippen LogP contribution in [0.4, 0.5) is 11.5 Å². The Morgan fingerprint density at radius 1 is 1.17 bits per heavy atom. The van der Waals surface area contributed by atoms with Crippen LogP contribution in [0.1, 0.15) is 19.8 Å². The summed E-state index contributed by atoms with van der Waals surface area (Å²) >= 11 is 6.12. The summed E-state index contributed by atoms with van der Waals surface area (Å²) in [6, 6.07) is 14.5. The van der Waals surface area contributed by atoms with E-state index in [0.29, 0.717) is 22.0 Å². The average Bonchev–Trinajstić information content (AvgIpc) is 2.72. The van der Waals surface area contributed by atoms with E-state index in [1.165, 1.54) is 11.1 Å². The van der Waals surface area contributed by atoms with E-state index in [1.807, 2.05) is 18.2 Å². The van der Waals surface area contributed by atoms with Crippen molar-refractivity contribution in [3.8, 4) is 0 Å². The van der Waals surface area contributed by atoms with E-state index >= 15 is 0 Å². The van der Waals surface area contributed by atoms with E-state index < -0.39 is 0 Å². The number of nitrogens with zero attached hydrogens (tertiary/aromatic N) is 3. The summed E-state index contributed by atoms with van der Waals surface area (Å²) in [7, 11) is 0. The van der Waals surface area contributed by atoms with Crippen LogP contribution < -0.4 is 15.8 Å². The summed E-state index contributed by atoms with van der Waals surface area (Å²) in [4.78, 5) is 27.8. The Balaban J connectivity index is 1.69. The fourth-order valence-electron chi connectivity index (χ4n) is 3.83. The van der Waals surface area contributed by atoms with Crippen LogP contribution in [0.15, 0.2) is 53.3 Å². The molecule has 4 rings (SSSR count). The Hall–Kier alpha value is -2.86. The number of anilines is 2. The third-order valence-electron chi connectivity index (χ3n) is 5.25. The van der Waals surface area contributed by atoms with E-state index in [1.54, 1.807) is 30.3 Å². The van der Waals surface area contributed by atoms with Crippen LogP contribution in [0, 0.1) is 5.92 Å². The lowest BCUT2D eigenvalue weighted by molar-refractivity contribution is -0.117. The monoisotopic (exact) mass is 410 g/mol. The molecule has 6 nitrogen and oxygen atoms in total. The predicted molar refractivity (Wildman–Crippen MR) is 117 cm³/mol. The largest absolute Gasteiger partial charge is 0.354 e. The Labute approximate surface area is 174 Å². The number of carbonyl (C=O) groups excluding carboxylic acids is 1. The summed E-state index contributed by atoms with van der Waals surface area (Å²) < 4.78 is 1.25. The predicted octanol–water partition coefficient (Wildman–Crippen LogP) is 3.92. The Kier molecular flexibility index (Phi) is 5.53. The molecule has 1 N–H and O–H groups in total. The molecule has 0 unspecified atom stereocenters. The van der Waals surface area contributed by atoms with Crippen LogP contribution >= 0.6 is 11.6 Å². The Morgan fingerprint density at radius 3 is 2.66 bits per heavy atom. The minimum Gasteiger partial charge on any atom is -0.354 e. The molecule has 0 bridgehead atoms. The molecule has 3 aromatic rings. The van der Waals surface area contributed by atoms with Crippen molar-refractivity contribution in [2.24, 2.45) is 5.92 Å². The quantitative estimate of drug-likeness (QED) is 0.707. The first-order chi connectivity index (χ1) is 14.0. The Morgan fingerprint density at radius 2 is 1.90 bits per heavy atom. The molecule has 150 valence electrons. The van der Waals surface area contributed by atoms with Gasteiger partial charge < -0.3 is 10.2 Å². The second kappa shape index (κ2) is 8.25. The van der Waals surface area contributed by atoms with Crippen molar-refractivity contribution in [3.63, 3.8) is 0 Å². The van der Waals surface area contributed by atoms with Crippen molar-refractivity contribution < 1.29 is 4.79 Å². The number of nitrogens with one attached hydrogen (secondary N) is 1. The number of aromatic nitrogens is 2. The molecule has 1 aromatic heterocycles. The van der Waals surface area contributed by atoms with Gasteiger partial charge in [-0.1, -0.05) is 48.9 Å². The lowest BCUT2D eigenvalue weighted by atomic mass is 10.00. The number of hydrogen-bond acceptors (Lipinski definition) is 4. The molecule has 1 saturated heterocycles. The molecule has 0 saturated carbocycles. The Bertz CT molecular complexity index is 1110. The number of piperidine rings is 1. The number of benzene rings is 2. The first kappa shape index (κ1) is 19.5. The van der Waals surface area contributed by atoms with Crippen molar-refractivity contribution in [2.75, 3.05) is 23.3 Å². The second-order valence-corrected chi connectivity index (χ2v) is 7.96. The average molecular weight is 411 g/mol. The van der Waals surface area contributed by atoms with E-state index in [-0.39, 0.29) is 18.0 Å². The van der Waals surface area contributed by atoms with Crippen molar-refractivity contribution in [2.45, 2.75) is 26.3 Å². The molecule has 1 aliphatic heterocycles.